The summed E-state index contributed by atoms with van der Waals surface area (Å²) >= 11 is 5.89. The van der Waals surface area contributed by atoms with Crippen molar-refractivity contribution in [3.63, 3.8) is 0 Å². The van der Waals surface area contributed by atoms with E-state index in [1.54, 1.807) is 0 Å². The van der Waals surface area contributed by atoms with Gasteiger partial charge in [-0.3, -0.25) is 4.90 Å². The molecule has 1 unspecified atom stereocenters. The van der Waals surface area contributed by atoms with Gasteiger partial charge in [0.25, 0.3) is 0 Å². The van der Waals surface area contributed by atoms with E-state index in [1.165, 1.54) is 0 Å². The third kappa shape index (κ3) is 3.19. The van der Waals surface area contributed by atoms with Gasteiger partial charge in [0.1, 0.15) is 0 Å². The maximum absolute atomic E-state index is 10.1. The molecule has 0 bridgehead atoms. The van der Waals surface area contributed by atoms with Gasteiger partial charge in [-0.2, -0.15) is 0 Å². The van der Waals surface area contributed by atoms with E-state index in [9.17, 15) is 5.11 Å². The molecular weight excluding hydrogens is 226 g/mol. The topological polar surface area (TPSA) is 32.7 Å². The minimum absolute atomic E-state index is 0.475. The molecule has 0 spiro atoms. The molecule has 0 aromatic heterocycles. The van der Waals surface area contributed by atoms with Crippen LogP contribution < -0.4 is 0 Å². The number of hydrogen-bond donors (Lipinski definition) is 1. The monoisotopic (exact) mass is 241 g/mol. The second kappa shape index (κ2) is 5.64. The third-order valence-corrected chi connectivity index (χ3v) is 3.00. The lowest BCUT2D eigenvalue weighted by atomic mass is 10.1. The molecular formula is C12H16ClNO2. The summed E-state index contributed by atoms with van der Waals surface area (Å²) in [6.07, 6.45) is -0.475. The van der Waals surface area contributed by atoms with Crippen LogP contribution >= 0.6 is 11.6 Å². The van der Waals surface area contributed by atoms with Crippen LogP contribution in [-0.2, 0) is 4.74 Å². The Balaban J connectivity index is 1.94. The van der Waals surface area contributed by atoms with Crippen LogP contribution in [0.15, 0.2) is 24.3 Å². The lowest BCUT2D eigenvalue weighted by Gasteiger charge is -2.28. The van der Waals surface area contributed by atoms with Gasteiger partial charge in [0.15, 0.2) is 0 Å². The SMILES string of the molecule is OC(CN1CCOCC1)c1cccc(Cl)c1. The van der Waals surface area contributed by atoms with Gasteiger partial charge in [-0.25, -0.2) is 0 Å². The summed E-state index contributed by atoms with van der Waals surface area (Å²) in [5.41, 5.74) is 0.874. The Labute approximate surface area is 101 Å². The van der Waals surface area contributed by atoms with Crippen LogP contribution in [0.2, 0.25) is 5.02 Å². The van der Waals surface area contributed by atoms with Crippen molar-refractivity contribution < 1.29 is 9.84 Å². The largest absolute Gasteiger partial charge is 0.387 e. The molecule has 0 radical (unpaired) electrons. The van der Waals surface area contributed by atoms with Gasteiger partial charge in [0.05, 0.1) is 19.3 Å². The Bertz CT molecular complexity index is 340. The number of β-amino-alcohol motifs (C(OH)–C–C–N with tert-alkyl or cyclic N) is 1. The van der Waals surface area contributed by atoms with Gasteiger partial charge in [0.2, 0.25) is 0 Å². The zero-order valence-corrected chi connectivity index (χ0v) is 9.86. The Morgan fingerprint density at radius 3 is 2.81 bits per heavy atom. The predicted molar refractivity (Wildman–Crippen MR) is 63.7 cm³/mol. The van der Waals surface area contributed by atoms with Gasteiger partial charge in [0, 0.05) is 24.7 Å². The molecule has 1 atom stereocenters. The molecule has 2 rings (SSSR count). The van der Waals surface area contributed by atoms with Crippen molar-refractivity contribution >= 4 is 11.6 Å². The fraction of sp³-hybridized carbons (Fsp3) is 0.500. The van der Waals surface area contributed by atoms with E-state index in [-0.39, 0.29) is 0 Å². The number of nitrogens with zero attached hydrogens (tertiary/aromatic N) is 1. The molecule has 3 nitrogen and oxygen atoms in total. The first-order valence-corrected chi connectivity index (χ1v) is 5.87. The van der Waals surface area contributed by atoms with Crippen molar-refractivity contribution in [3.8, 4) is 0 Å². The molecule has 16 heavy (non-hydrogen) atoms. The van der Waals surface area contributed by atoms with Crippen LogP contribution in [0, 0.1) is 0 Å². The number of halogens is 1. The van der Waals surface area contributed by atoms with Crippen LogP contribution in [0.3, 0.4) is 0 Å². The maximum atomic E-state index is 10.1. The molecule has 0 saturated carbocycles. The van der Waals surface area contributed by atoms with Gasteiger partial charge < -0.3 is 9.84 Å². The number of hydrogen-bond acceptors (Lipinski definition) is 3. The molecule has 1 aromatic carbocycles. The molecule has 0 aliphatic carbocycles. The lowest BCUT2D eigenvalue weighted by Crippen LogP contribution is -2.38. The number of aliphatic hydroxyl groups excluding tert-OH is 1. The van der Waals surface area contributed by atoms with Gasteiger partial charge >= 0.3 is 0 Å². The lowest BCUT2D eigenvalue weighted by molar-refractivity contribution is 0.0143. The van der Waals surface area contributed by atoms with Crippen LogP contribution in [0.25, 0.3) is 0 Å². The van der Waals surface area contributed by atoms with E-state index in [0.717, 1.165) is 31.9 Å². The number of rotatable bonds is 3. The highest BCUT2D eigenvalue weighted by molar-refractivity contribution is 6.30. The van der Waals surface area contributed by atoms with Crippen molar-refractivity contribution in [1.29, 1.82) is 0 Å². The van der Waals surface area contributed by atoms with Crippen LogP contribution in [0.5, 0.6) is 0 Å². The minimum Gasteiger partial charge on any atom is -0.387 e. The summed E-state index contributed by atoms with van der Waals surface area (Å²) in [4.78, 5) is 2.20. The van der Waals surface area contributed by atoms with Crippen molar-refractivity contribution in [2.75, 3.05) is 32.8 Å². The van der Waals surface area contributed by atoms with Gasteiger partial charge in [-0.05, 0) is 17.7 Å². The zero-order chi connectivity index (χ0) is 11.4. The van der Waals surface area contributed by atoms with E-state index in [1.807, 2.05) is 24.3 Å². The normalized spacial score (nSPS) is 19.6. The number of morpholine rings is 1. The summed E-state index contributed by atoms with van der Waals surface area (Å²) in [6.45, 7) is 3.92. The molecule has 0 amide bonds. The van der Waals surface area contributed by atoms with Crippen molar-refractivity contribution in [2.24, 2.45) is 0 Å². The van der Waals surface area contributed by atoms with Crippen LogP contribution in [0.1, 0.15) is 11.7 Å². The Morgan fingerprint density at radius 2 is 2.12 bits per heavy atom. The van der Waals surface area contributed by atoms with Gasteiger partial charge in [-0.15, -0.1) is 0 Å². The number of aliphatic hydroxyl groups is 1. The quantitative estimate of drug-likeness (QED) is 0.875. The van der Waals surface area contributed by atoms with Crippen molar-refractivity contribution in [3.05, 3.63) is 34.9 Å². The average molecular weight is 242 g/mol. The fourth-order valence-electron chi connectivity index (χ4n) is 1.85. The highest BCUT2D eigenvalue weighted by atomic mass is 35.5. The maximum Gasteiger partial charge on any atom is 0.0917 e. The first kappa shape index (κ1) is 11.9. The fourth-order valence-corrected chi connectivity index (χ4v) is 2.05. The smallest absolute Gasteiger partial charge is 0.0917 e. The number of ether oxygens (including phenoxy) is 1. The molecule has 1 heterocycles. The molecule has 1 aromatic rings. The molecule has 4 heteroatoms. The average Bonchev–Trinajstić information content (AvgIpc) is 2.30. The summed E-state index contributed by atoms with van der Waals surface area (Å²) in [6, 6.07) is 7.39. The predicted octanol–water partition coefficient (Wildman–Crippen LogP) is 1.71. The van der Waals surface area contributed by atoms with E-state index >= 15 is 0 Å². The Hall–Kier alpha value is -0.610. The minimum atomic E-state index is -0.475. The molecule has 1 aliphatic heterocycles. The highest BCUT2D eigenvalue weighted by Crippen LogP contribution is 2.18. The first-order chi connectivity index (χ1) is 7.75. The van der Waals surface area contributed by atoms with E-state index in [0.29, 0.717) is 11.6 Å². The second-order valence-corrected chi connectivity index (χ2v) is 4.42. The van der Waals surface area contributed by atoms with E-state index in [2.05, 4.69) is 4.90 Å². The second-order valence-electron chi connectivity index (χ2n) is 3.98. The van der Waals surface area contributed by atoms with Crippen molar-refractivity contribution in [2.45, 2.75) is 6.10 Å². The van der Waals surface area contributed by atoms with E-state index in [4.69, 9.17) is 16.3 Å². The zero-order valence-electron chi connectivity index (χ0n) is 9.10. The summed E-state index contributed by atoms with van der Waals surface area (Å²) in [5, 5.41) is 10.7. The Morgan fingerprint density at radius 1 is 1.38 bits per heavy atom. The molecule has 1 saturated heterocycles. The molecule has 1 aliphatic rings. The third-order valence-electron chi connectivity index (χ3n) is 2.77. The van der Waals surface area contributed by atoms with Gasteiger partial charge in [-0.1, -0.05) is 23.7 Å². The highest BCUT2D eigenvalue weighted by Gasteiger charge is 2.16. The summed E-state index contributed by atoms with van der Waals surface area (Å²) < 4.78 is 5.26. The molecule has 88 valence electrons. The summed E-state index contributed by atoms with van der Waals surface area (Å²) in [5.74, 6) is 0. The standard InChI is InChI=1S/C12H16ClNO2/c13-11-3-1-2-10(8-11)12(15)9-14-4-6-16-7-5-14/h1-3,8,12,15H,4-7,9H2. The van der Waals surface area contributed by atoms with E-state index < -0.39 is 6.10 Å². The number of benzene rings is 1. The van der Waals surface area contributed by atoms with Crippen molar-refractivity contribution in [1.82, 2.24) is 4.90 Å². The first-order valence-electron chi connectivity index (χ1n) is 5.49. The Kier molecular flexibility index (Phi) is 4.18. The molecule has 1 fully saturated rings. The van der Waals surface area contributed by atoms with Crippen LogP contribution in [0.4, 0.5) is 0 Å². The summed E-state index contributed by atoms with van der Waals surface area (Å²) in [7, 11) is 0. The molecule has 1 N–H and O–H groups in total. The van der Waals surface area contributed by atoms with Crippen LogP contribution in [-0.4, -0.2) is 42.9 Å².